The summed E-state index contributed by atoms with van der Waals surface area (Å²) in [6, 6.07) is 7.23. The van der Waals surface area contributed by atoms with Crippen LogP contribution in [0.3, 0.4) is 0 Å². The second-order valence-electron chi connectivity index (χ2n) is 5.89. The summed E-state index contributed by atoms with van der Waals surface area (Å²) in [5.41, 5.74) is 1.54. The van der Waals surface area contributed by atoms with Crippen LogP contribution in [-0.4, -0.2) is 40.9 Å². The van der Waals surface area contributed by atoms with Gasteiger partial charge in [0.15, 0.2) is 0 Å². The smallest absolute Gasteiger partial charge is 0.303 e. The molecule has 23 heavy (non-hydrogen) atoms. The van der Waals surface area contributed by atoms with E-state index in [1.54, 1.807) is 23.1 Å². The largest absolute Gasteiger partial charge is 0.481 e. The van der Waals surface area contributed by atoms with Crippen molar-refractivity contribution in [2.24, 2.45) is 5.92 Å². The number of likely N-dealkylation sites (tertiary alicyclic amines) is 1. The third-order valence-electron chi connectivity index (χ3n) is 4.06. The molecule has 0 aliphatic carbocycles. The van der Waals surface area contributed by atoms with Crippen molar-refractivity contribution in [3.63, 3.8) is 0 Å². The highest BCUT2D eigenvalue weighted by molar-refractivity contribution is 5.93. The average molecular weight is 318 g/mol. The number of anilines is 1. The molecule has 1 aromatic rings. The van der Waals surface area contributed by atoms with Gasteiger partial charge in [0.1, 0.15) is 0 Å². The van der Waals surface area contributed by atoms with E-state index in [2.05, 4.69) is 5.32 Å². The first-order valence-corrected chi connectivity index (χ1v) is 7.83. The average Bonchev–Trinajstić information content (AvgIpc) is 2.53. The van der Waals surface area contributed by atoms with E-state index in [4.69, 9.17) is 5.11 Å². The van der Waals surface area contributed by atoms with E-state index < -0.39 is 5.97 Å². The number of amides is 2. The molecule has 2 amide bonds. The number of carboxylic acids is 1. The Labute approximate surface area is 135 Å². The molecular formula is C17H22N2O4. The summed E-state index contributed by atoms with van der Waals surface area (Å²) < 4.78 is 0. The van der Waals surface area contributed by atoms with Crippen molar-refractivity contribution >= 4 is 23.5 Å². The molecule has 0 spiro atoms. The molecule has 0 bridgehead atoms. The molecule has 1 aromatic carbocycles. The van der Waals surface area contributed by atoms with Gasteiger partial charge in [0.05, 0.1) is 5.92 Å². The molecule has 1 fully saturated rings. The van der Waals surface area contributed by atoms with Crippen LogP contribution in [0.15, 0.2) is 24.3 Å². The van der Waals surface area contributed by atoms with Crippen LogP contribution >= 0.6 is 0 Å². The fourth-order valence-electron chi connectivity index (χ4n) is 2.78. The number of rotatable bonds is 5. The van der Waals surface area contributed by atoms with E-state index in [0.717, 1.165) is 18.4 Å². The zero-order chi connectivity index (χ0) is 16.8. The van der Waals surface area contributed by atoms with Gasteiger partial charge in [-0.05, 0) is 37.0 Å². The number of nitrogens with one attached hydrogen (secondary N) is 1. The van der Waals surface area contributed by atoms with Gasteiger partial charge in [-0.2, -0.15) is 0 Å². The number of benzene rings is 1. The monoisotopic (exact) mass is 318 g/mol. The maximum absolute atomic E-state index is 12.4. The predicted molar refractivity (Wildman–Crippen MR) is 86.0 cm³/mol. The van der Waals surface area contributed by atoms with Gasteiger partial charge in [-0.25, -0.2) is 0 Å². The SMILES string of the molecule is CC(=O)N1CCCC(C(=O)Nc2cccc(CCC(=O)O)c2)C1. The van der Waals surface area contributed by atoms with Gasteiger partial charge < -0.3 is 15.3 Å². The summed E-state index contributed by atoms with van der Waals surface area (Å²) in [5, 5.41) is 11.6. The molecule has 6 heteroatoms. The van der Waals surface area contributed by atoms with E-state index in [9.17, 15) is 14.4 Å². The number of nitrogens with zero attached hydrogens (tertiary/aromatic N) is 1. The minimum atomic E-state index is -0.842. The highest BCUT2D eigenvalue weighted by Crippen LogP contribution is 2.19. The van der Waals surface area contributed by atoms with Gasteiger partial charge in [0.25, 0.3) is 0 Å². The number of carbonyl (C=O) groups excluding carboxylic acids is 2. The highest BCUT2D eigenvalue weighted by atomic mass is 16.4. The first-order valence-electron chi connectivity index (χ1n) is 7.83. The van der Waals surface area contributed by atoms with Gasteiger partial charge in [0.2, 0.25) is 11.8 Å². The van der Waals surface area contributed by atoms with E-state index >= 15 is 0 Å². The van der Waals surface area contributed by atoms with Crippen molar-refractivity contribution in [1.82, 2.24) is 4.90 Å². The van der Waals surface area contributed by atoms with E-state index in [0.29, 0.717) is 25.2 Å². The maximum atomic E-state index is 12.4. The lowest BCUT2D eigenvalue weighted by molar-refractivity contribution is -0.137. The van der Waals surface area contributed by atoms with Crippen LogP contribution in [-0.2, 0) is 20.8 Å². The number of piperidine rings is 1. The van der Waals surface area contributed by atoms with Crippen molar-refractivity contribution in [2.75, 3.05) is 18.4 Å². The number of carbonyl (C=O) groups is 3. The zero-order valence-corrected chi connectivity index (χ0v) is 13.2. The third-order valence-corrected chi connectivity index (χ3v) is 4.06. The molecule has 124 valence electrons. The van der Waals surface area contributed by atoms with Crippen molar-refractivity contribution in [3.05, 3.63) is 29.8 Å². The first kappa shape index (κ1) is 17.0. The third kappa shape index (κ3) is 5.09. The molecule has 0 aromatic heterocycles. The Kier molecular flexibility index (Phi) is 5.73. The van der Waals surface area contributed by atoms with Gasteiger partial charge in [-0.1, -0.05) is 12.1 Å². The van der Waals surface area contributed by atoms with Crippen LogP contribution in [0.4, 0.5) is 5.69 Å². The molecule has 1 heterocycles. The van der Waals surface area contributed by atoms with Crippen LogP contribution in [0.5, 0.6) is 0 Å². The van der Waals surface area contributed by atoms with E-state index in [1.807, 2.05) is 6.07 Å². The van der Waals surface area contributed by atoms with Gasteiger partial charge in [-0.3, -0.25) is 14.4 Å². The Bertz CT molecular complexity index is 600. The van der Waals surface area contributed by atoms with Crippen LogP contribution < -0.4 is 5.32 Å². The van der Waals surface area contributed by atoms with E-state index in [1.165, 1.54) is 6.92 Å². The topological polar surface area (TPSA) is 86.7 Å². The van der Waals surface area contributed by atoms with Crippen LogP contribution in [0.25, 0.3) is 0 Å². The standard InChI is InChI=1S/C17H22N2O4/c1-12(20)19-9-3-5-14(11-19)17(23)18-15-6-2-4-13(10-15)7-8-16(21)22/h2,4,6,10,14H,3,5,7-9,11H2,1H3,(H,18,23)(H,21,22). The van der Waals surface area contributed by atoms with Gasteiger partial charge >= 0.3 is 5.97 Å². The summed E-state index contributed by atoms with van der Waals surface area (Å²) in [7, 11) is 0. The normalized spacial score (nSPS) is 17.6. The number of hydrogen-bond donors (Lipinski definition) is 2. The quantitative estimate of drug-likeness (QED) is 0.868. The van der Waals surface area contributed by atoms with Crippen molar-refractivity contribution in [2.45, 2.75) is 32.6 Å². The second-order valence-corrected chi connectivity index (χ2v) is 5.89. The lowest BCUT2D eigenvalue weighted by Gasteiger charge is -2.31. The van der Waals surface area contributed by atoms with Crippen LogP contribution in [0.2, 0.25) is 0 Å². The number of hydrogen-bond acceptors (Lipinski definition) is 3. The summed E-state index contributed by atoms with van der Waals surface area (Å²) in [6.07, 6.45) is 2.10. The summed E-state index contributed by atoms with van der Waals surface area (Å²) in [4.78, 5) is 36.1. The van der Waals surface area contributed by atoms with Crippen molar-refractivity contribution in [3.8, 4) is 0 Å². The molecule has 1 atom stereocenters. The Morgan fingerprint density at radius 1 is 1.35 bits per heavy atom. The molecule has 0 radical (unpaired) electrons. The molecule has 2 rings (SSSR count). The second kappa shape index (κ2) is 7.76. The van der Waals surface area contributed by atoms with Crippen LogP contribution in [0, 0.1) is 5.92 Å². The van der Waals surface area contributed by atoms with Gasteiger partial charge in [0, 0.05) is 32.1 Å². The zero-order valence-electron chi connectivity index (χ0n) is 13.2. The summed E-state index contributed by atoms with van der Waals surface area (Å²) in [6.45, 7) is 2.69. The molecule has 1 unspecified atom stereocenters. The fourth-order valence-corrected chi connectivity index (χ4v) is 2.78. The minimum absolute atomic E-state index is 0.00170. The number of carboxylic acid groups (broad SMARTS) is 1. The lowest BCUT2D eigenvalue weighted by atomic mass is 9.97. The molecule has 1 aliphatic rings. The van der Waals surface area contributed by atoms with Crippen molar-refractivity contribution in [1.29, 1.82) is 0 Å². The lowest BCUT2D eigenvalue weighted by Crippen LogP contribution is -2.42. The Morgan fingerprint density at radius 2 is 2.13 bits per heavy atom. The summed E-state index contributed by atoms with van der Waals surface area (Å²) >= 11 is 0. The van der Waals surface area contributed by atoms with Crippen molar-refractivity contribution < 1.29 is 19.5 Å². The molecule has 2 N–H and O–H groups in total. The molecule has 1 saturated heterocycles. The molecular weight excluding hydrogens is 296 g/mol. The highest BCUT2D eigenvalue weighted by Gasteiger charge is 2.27. The number of aryl methyl sites for hydroxylation is 1. The molecule has 6 nitrogen and oxygen atoms in total. The van der Waals surface area contributed by atoms with Gasteiger partial charge in [-0.15, -0.1) is 0 Å². The first-order chi connectivity index (χ1) is 11.0. The molecule has 0 saturated carbocycles. The van der Waals surface area contributed by atoms with E-state index in [-0.39, 0.29) is 24.2 Å². The molecule has 1 aliphatic heterocycles. The summed E-state index contributed by atoms with van der Waals surface area (Å²) in [5.74, 6) is -1.13. The Balaban J connectivity index is 1.95. The predicted octanol–water partition coefficient (Wildman–Crippen LogP) is 1.90. The Hall–Kier alpha value is -2.37. The van der Waals surface area contributed by atoms with Crippen LogP contribution in [0.1, 0.15) is 31.7 Å². The maximum Gasteiger partial charge on any atom is 0.303 e. The minimum Gasteiger partial charge on any atom is -0.481 e. The number of aliphatic carboxylic acids is 1. The Morgan fingerprint density at radius 3 is 2.83 bits per heavy atom. The fraction of sp³-hybridized carbons (Fsp3) is 0.471.